The summed E-state index contributed by atoms with van der Waals surface area (Å²) in [7, 11) is 0. The number of para-hydroxylation sites is 2. The van der Waals surface area contributed by atoms with Crippen LogP contribution >= 0.6 is 11.8 Å². The number of fused-ring (bicyclic) bond motifs is 1. The van der Waals surface area contributed by atoms with Gasteiger partial charge in [-0.25, -0.2) is 9.97 Å². The number of nitrogen functional groups attached to an aromatic ring is 1. The fourth-order valence-electron chi connectivity index (χ4n) is 1.83. The highest BCUT2D eigenvalue weighted by molar-refractivity contribution is 7.99. The van der Waals surface area contributed by atoms with Crippen molar-refractivity contribution in [2.24, 2.45) is 0 Å². The van der Waals surface area contributed by atoms with Gasteiger partial charge in [-0.1, -0.05) is 19.1 Å². The zero-order chi connectivity index (χ0) is 14.7. The molecule has 1 aromatic carbocycles. The van der Waals surface area contributed by atoms with Crippen molar-refractivity contribution in [1.82, 2.24) is 19.9 Å². The zero-order valence-electron chi connectivity index (χ0n) is 11.5. The van der Waals surface area contributed by atoms with Crippen molar-refractivity contribution < 1.29 is 4.74 Å². The molecule has 0 radical (unpaired) electrons. The molecule has 0 bridgehead atoms. The summed E-state index contributed by atoms with van der Waals surface area (Å²) in [5, 5.41) is 1.37. The van der Waals surface area contributed by atoms with Gasteiger partial charge in [-0.05, 0) is 30.3 Å². The number of ether oxygens (including phenoxy) is 1. The van der Waals surface area contributed by atoms with Crippen LogP contribution in [0.15, 0.2) is 40.8 Å². The Kier molecular flexibility index (Phi) is 3.92. The van der Waals surface area contributed by atoms with Gasteiger partial charge in [-0.15, -0.1) is 0 Å². The normalized spacial score (nSPS) is 10.9. The minimum absolute atomic E-state index is 0.422. The molecule has 0 saturated carbocycles. The Balaban J connectivity index is 1.87. The van der Waals surface area contributed by atoms with Crippen molar-refractivity contribution in [3.05, 3.63) is 30.6 Å². The maximum absolute atomic E-state index is 6.05. The van der Waals surface area contributed by atoms with Crippen LogP contribution in [0.3, 0.4) is 0 Å². The molecule has 2 heterocycles. The first-order chi connectivity index (χ1) is 10.3. The summed E-state index contributed by atoms with van der Waals surface area (Å²) in [4.78, 5) is 16.0. The molecule has 0 fully saturated rings. The first-order valence-electron chi connectivity index (χ1n) is 6.64. The van der Waals surface area contributed by atoms with E-state index in [-0.39, 0.29) is 0 Å². The molecule has 0 unspecified atom stereocenters. The molecule has 21 heavy (non-hydrogen) atoms. The Hall–Kier alpha value is -2.28. The Bertz CT molecular complexity index is 725. The van der Waals surface area contributed by atoms with Gasteiger partial charge in [-0.2, -0.15) is 4.98 Å². The number of hydrogen-bond acceptors (Lipinski definition) is 6. The second-order valence-electron chi connectivity index (χ2n) is 4.41. The van der Waals surface area contributed by atoms with E-state index in [4.69, 9.17) is 10.5 Å². The van der Waals surface area contributed by atoms with Gasteiger partial charge in [0.1, 0.15) is 17.0 Å². The maximum Gasteiger partial charge on any atom is 0.241 e. The van der Waals surface area contributed by atoms with E-state index in [0.717, 1.165) is 22.6 Å². The predicted molar refractivity (Wildman–Crippen MR) is 82.4 cm³/mol. The molecule has 0 atom stereocenters. The highest BCUT2D eigenvalue weighted by Crippen LogP contribution is 2.33. The fourth-order valence-corrected chi connectivity index (χ4v) is 2.61. The molecule has 0 spiro atoms. The fraction of sp³-hybridized carbons (Fsp3) is 0.214. The number of nitrogens with one attached hydrogen (secondary N) is 1. The lowest BCUT2D eigenvalue weighted by atomic mass is 10.3. The van der Waals surface area contributed by atoms with Crippen LogP contribution in [0.5, 0.6) is 5.88 Å². The second kappa shape index (κ2) is 6.01. The third-order valence-corrected chi connectivity index (χ3v) is 3.72. The van der Waals surface area contributed by atoms with E-state index in [9.17, 15) is 0 Å². The molecule has 0 aliphatic rings. The highest BCUT2D eigenvalue weighted by Gasteiger charge is 2.12. The van der Waals surface area contributed by atoms with Crippen molar-refractivity contribution in [3.63, 3.8) is 0 Å². The van der Waals surface area contributed by atoms with Crippen molar-refractivity contribution in [1.29, 1.82) is 0 Å². The van der Waals surface area contributed by atoms with Crippen molar-refractivity contribution in [3.8, 4) is 5.88 Å². The average molecular weight is 301 g/mol. The van der Waals surface area contributed by atoms with E-state index in [2.05, 4.69) is 19.9 Å². The van der Waals surface area contributed by atoms with Gasteiger partial charge in [0.2, 0.25) is 5.88 Å². The van der Waals surface area contributed by atoms with Crippen LogP contribution in [0.2, 0.25) is 0 Å². The summed E-state index contributed by atoms with van der Waals surface area (Å²) in [6.45, 7) is 2.61. The van der Waals surface area contributed by atoms with Crippen molar-refractivity contribution in [2.45, 2.75) is 23.5 Å². The molecule has 3 aromatic rings. The molecule has 0 aliphatic heterocycles. The predicted octanol–water partition coefficient (Wildman–Crippen LogP) is 2.88. The van der Waals surface area contributed by atoms with Gasteiger partial charge in [0.05, 0.1) is 17.6 Å². The molecule has 0 amide bonds. The van der Waals surface area contributed by atoms with E-state index in [1.54, 1.807) is 0 Å². The average Bonchev–Trinajstić information content (AvgIpc) is 2.90. The third-order valence-electron chi connectivity index (χ3n) is 2.81. The van der Waals surface area contributed by atoms with E-state index in [1.165, 1.54) is 18.1 Å². The SMILES string of the molecule is CCCOc1ncnc(Sc2nc3ccccc3[nH]2)c1N. The van der Waals surface area contributed by atoms with Gasteiger partial charge in [0.15, 0.2) is 5.16 Å². The first kappa shape index (κ1) is 13.7. The minimum atomic E-state index is 0.422. The van der Waals surface area contributed by atoms with Gasteiger partial charge in [-0.3, -0.25) is 0 Å². The summed E-state index contributed by atoms with van der Waals surface area (Å²) in [5.41, 5.74) is 8.39. The molecule has 0 saturated heterocycles. The van der Waals surface area contributed by atoms with Crippen LogP contribution in [-0.4, -0.2) is 26.5 Å². The van der Waals surface area contributed by atoms with Crippen LogP contribution in [-0.2, 0) is 0 Å². The summed E-state index contributed by atoms with van der Waals surface area (Å²) in [5.74, 6) is 0.422. The Morgan fingerprint density at radius 3 is 2.95 bits per heavy atom. The van der Waals surface area contributed by atoms with Crippen LogP contribution in [0, 0.1) is 0 Å². The van der Waals surface area contributed by atoms with Crippen LogP contribution in [0.1, 0.15) is 13.3 Å². The summed E-state index contributed by atoms with van der Waals surface area (Å²) in [6, 6.07) is 7.85. The van der Waals surface area contributed by atoms with E-state index in [0.29, 0.717) is 23.2 Å². The van der Waals surface area contributed by atoms with Gasteiger partial charge in [0.25, 0.3) is 0 Å². The smallest absolute Gasteiger partial charge is 0.241 e. The Labute approximate surface area is 126 Å². The van der Waals surface area contributed by atoms with Gasteiger partial charge >= 0.3 is 0 Å². The van der Waals surface area contributed by atoms with Gasteiger partial charge in [0, 0.05) is 0 Å². The van der Waals surface area contributed by atoms with Crippen molar-refractivity contribution in [2.75, 3.05) is 12.3 Å². The Morgan fingerprint density at radius 1 is 1.29 bits per heavy atom. The van der Waals surface area contributed by atoms with Crippen LogP contribution in [0.25, 0.3) is 11.0 Å². The molecule has 3 N–H and O–H groups in total. The monoisotopic (exact) mass is 301 g/mol. The van der Waals surface area contributed by atoms with Crippen LogP contribution < -0.4 is 10.5 Å². The van der Waals surface area contributed by atoms with Crippen molar-refractivity contribution >= 4 is 28.5 Å². The number of hydrogen-bond donors (Lipinski definition) is 2. The molecule has 6 nitrogen and oxygen atoms in total. The maximum atomic E-state index is 6.05. The minimum Gasteiger partial charge on any atom is -0.476 e. The summed E-state index contributed by atoms with van der Waals surface area (Å²) < 4.78 is 5.50. The van der Waals surface area contributed by atoms with Gasteiger partial charge < -0.3 is 15.5 Å². The lowest BCUT2D eigenvalue weighted by Crippen LogP contribution is -2.03. The van der Waals surface area contributed by atoms with E-state index >= 15 is 0 Å². The van der Waals surface area contributed by atoms with Crippen LogP contribution in [0.4, 0.5) is 5.69 Å². The molecular weight excluding hydrogens is 286 g/mol. The lowest BCUT2D eigenvalue weighted by Gasteiger charge is -2.08. The first-order valence-corrected chi connectivity index (χ1v) is 7.45. The topological polar surface area (TPSA) is 89.7 Å². The second-order valence-corrected chi connectivity index (χ2v) is 5.38. The molecule has 7 heteroatoms. The lowest BCUT2D eigenvalue weighted by molar-refractivity contribution is 0.305. The number of aromatic amines is 1. The summed E-state index contributed by atoms with van der Waals surface area (Å²) in [6.07, 6.45) is 2.35. The Morgan fingerprint density at radius 2 is 2.14 bits per heavy atom. The third kappa shape index (κ3) is 2.92. The number of anilines is 1. The number of imidazole rings is 1. The summed E-state index contributed by atoms with van der Waals surface area (Å²) >= 11 is 1.36. The number of benzene rings is 1. The quantitative estimate of drug-likeness (QED) is 0.704. The van der Waals surface area contributed by atoms with E-state index < -0.39 is 0 Å². The zero-order valence-corrected chi connectivity index (χ0v) is 12.4. The number of H-pyrrole nitrogens is 1. The molecule has 108 valence electrons. The largest absolute Gasteiger partial charge is 0.476 e. The number of aromatic nitrogens is 4. The number of nitrogens with two attached hydrogens (primary N) is 1. The number of rotatable bonds is 5. The number of nitrogens with zero attached hydrogens (tertiary/aromatic N) is 3. The van der Waals surface area contributed by atoms with E-state index in [1.807, 2.05) is 31.2 Å². The standard InChI is InChI=1S/C14H15N5OS/c1-2-7-20-12-11(15)13(17-8-16-12)21-14-18-9-5-3-4-6-10(9)19-14/h3-6,8H,2,7,15H2,1H3,(H,18,19). The molecular formula is C14H15N5OS. The molecule has 0 aliphatic carbocycles. The molecule has 3 rings (SSSR count). The highest BCUT2D eigenvalue weighted by atomic mass is 32.2. The molecule has 2 aromatic heterocycles.